The Morgan fingerprint density at radius 2 is 2.18 bits per heavy atom. The van der Waals surface area contributed by atoms with Crippen molar-refractivity contribution in [1.29, 1.82) is 0 Å². The molecule has 1 aromatic carbocycles. The van der Waals surface area contributed by atoms with Crippen molar-refractivity contribution in [1.82, 2.24) is 10.1 Å². The van der Waals surface area contributed by atoms with Crippen LogP contribution >= 0.6 is 11.3 Å². The first kappa shape index (κ1) is 18.7. The molecule has 0 unspecified atom stereocenters. The van der Waals surface area contributed by atoms with Crippen molar-refractivity contribution in [3.63, 3.8) is 0 Å². The summed E-state index contributed by atoms with van der Waals surface area (Å²) in [5.41, 5.74) is 3.30. The molecule has 2 aromatic heterocycles. The van der Waals surface area contributed by atoms with E-state index in [-0.39, 0.29) is 5.91 Å². The summed E-state index contributed by atoms with van der Waals surface area (Å²) in [5, 5.41) is 7.54. The monoisotopic (exact) mass is 397 g/mol. The topological polar surface area (TPSA) is 77.2 Å². The summed E-state index contributed by atoms with van der Waals surface area (Å²) in [6.45, 7) is 6.28. The number of carbonyl (C=O) groups excluding carboxylic acids is 1. The van der Waals surface area contributed by atoms with Crippen LogP contribution in [0.5, 0.6) is 5.75 Å². The van der Waals surface area contributed by atoms with Gasteiger partial charge in [0.25, 0.3) is 5.91 Å². The van der Waals surface area contributed by atoms with Gasteiger partial charge >= 0.3 is 0 Å². The number of hydrogen-bond donors (Lipinski definition) is 1. The maximum absolute atomic E-state index is 12.9. The smallest absolute Gasteiger partial charge is 0.261 e. The van der Waals surface area contributed by atoms with Crippen molar-refractivity contribution >= 4 is 22.4 Å². The van der Waals surface area contributed by atoms with Gasteiger partial charge in [0.15, 0.2) is 5.13 Å². The third-order valence-corrected chi connectivity index (χ3v) is 6.13. The minimum atomic E-state index is -0.214. The van der Waals surface area contributed by atoms with Crippen molar-refractivity contribution in [3.8, 4) is 5.75 Å². The summed E-state index contributed by atoms with van der Waals surface area (Å²) in [5.74, 6) is 1.71. The third kappa shape index (κ3) is 3.80. The average Bonchev–Trinajstić information content (AvgIpc) is 3.22. The fourth-order valence-electron chi connectivity index (χ4n) is 3.40. The summed E-state index contributed by atoms with van der Waals surface area (Å²) >= 11 is 1.58. The molecule has 2 heterocycles. The Balaban J connectivity index is 1.49. The highest BCUT2D eigenvalue weighted by molar-refractivity contribution is 7.15. The number of rotatable bonds is 5. The number of anilines is 1. The van der Waals surface area contributed by atoms with E-state index < -0.39 is 0 Å². The van der Waals surface area contributed by atoms with Crippen molar-refractivity contribution in [2.75, 3.05) is 5.32 Å². The average molecular weight is 398 g/mol. The normalized spacial score (nSPS) is 15.9. The van der Waals surface area contributed by atoms with Gasteiger partial charge in [-0.15, -0.1) is 11.3 Å². The van der Waals surface area contributed by atoms with E-state index in [1.807, 2.05) is 26.0 Å². The van der Waals surface area contributed by atoms with Gasteiger partial charge in [0.1, 0.15) is 18.1 Å². The van der Waals surface area contributed by atoms with Gasteiger partial charge in [-0.2, -0.15) is 0 Å². The summed E-state index contributed by atoms with van der Waals surface area (Å²) in [6.07, 6.45) is 3.18. The van der Waals surface area contributed by atoms with Crippen LogP contribution in [0.3, 0.4) is 0 Å². The SMILES string of the molecule is Cc1noc(C)c1COc1ccccc1C(=O)Nc1nc2c(s1)C[C@H](C)CC2. The van der Waals surface area contributed by atoms with Crippen LogP contribution < -0.4 is 10.1 Å². The molecule has 1 atom stereocenters. The molecular formula is C21H23N3O3S. The van der Waals surface area contributed by atoms with Gasteiger partial charge in [-0.25, -0.2) is 4.98 Å². The molecular weight excluding hydrogens is 374 g/mol. The fourth-order valence-corrected chi connectivity index (χ4v) is 4.56. The van der Waals surface area contributed by atoms with Gasteiger partial charge in [-0.05, 0) is 51.2 Å². The molecule has 1 aliphatic rings. The van der Waals surface area contributed by atoms with Crippen LogP contribution in [0.4, 0.5) is 5.13 Å². The zero-order chi connectivity index (χ0) is 19.7. The van der Waals surface area contributed by atoms with Gasteiger partial charge in [0.05, 0.1) is 22.5 Å². The van der Waals surface area contributed by atoms with Crippen LogP contribution in [0.15, 0.2) is 28.8 Å². The summed E-state index contributed by atoms with van der Waals surface area (Å²) < 4.78 is 11.1. The van der Waals surface area contributed by atoms with E-state index in [4.69, 9.17) is 9.26 Å². The molecule has 0 saturated heterocycles. The number of fused-ring (bicyclic) bond motifs is 1. The Morgan fingerprint density at radius 1 is 1.36 bits per heavy atom. The van der Waals surface area contributed by atoms with Crippen LogP contribution in [-0.2, 0) is 19.4 Å². The van der Waals surface area contributed by atoms with Crippen LogP contribution in [0.1, 0.15) is 51.3 Å². The first-order valence-corrected chi connectivity index (χ1v) is 10.3. The van der Waals surface area contributed by atoms with E-state index in [1.54, 1.807) is 23.5 Å². The first-order valence-electron chi connectivity index (χ1n) is 9.44. The number of amides is 1. The number of aromatic nitrogens is 2. The summed E-state index contributed by atoms with van der Waals surface area (Å²) in [7, 11) is 0. The number of ether oxygens (including phenoxy) is 1. The highest BCUT2D eigenvalue weighted by atomic mass is 32.1. The van der Waals surface area contributed by atoms with Crippen molar-refractivity contribution in [3.05, 3.63) is 57.4 Å². The Hall–Kier alpha value is -2.67. The summed E-state index contributed by atoms with van der Waals surface area (Å²) in [4.78, 5) is 18.8. The Morgan fingerprint density at radius 3 is 2.96 bits per heavy atom. The molecule has 1 aliphatic carbocycles. The number of benzene rings is 1. The highest BCUT2D eigenvalue weighted by Crippen LogP contribution is 2.32. The maximum atomic E-state index is 12.9. The number of nitrogens with zero attached hydrogens (tertiary/aromatic N) is 2. The van der Waals surface area contributed by atoms with Gasteiger partial charge in [0, 0.05) is 4.88 Å². The molecule has 0 saturated carbocycles. The lowest BCUT2D eigenvalue weighted by atomic mass is 9.93. The zero-order valence-corrected chi connectivity index (χ0v) is 17.1. The van der Waals surface area contributed by atoms with E-state index >= 15 is 0 Å². The number of aryl methyl sites for hydroxylation is 3. The molecule has 7 heteroatoms. The lowest BCUT2D eigenvalue weighted by molar-refractivity contribution is 0.102. The van der Waals surface area contributed by atoms with Gasteiger partial charge in [0.2, 0.25) is 0 Å². The van der Waals surface area contributed by atoms with E-state index in [2.05, 4.69) is 22.4 Å². The summed E-state index contributed by atoms with van der Waals surface area (Å²) in [6, 6.07) is 7.23. The number of nitrogens with one attached hydrogen (secondary N) is 1. The molecule has 0 radical (unpaired) electrons. The second-order valence-corrected chi connectivity index (χ2v) is 8.36. The van der Waals surface area contributed by atoms with E-state index in [0.717, 1.165) is 42.0 Å². The van der Waals surface area contributed by atoms with Gasteiger partial charge in [-0.3, -0.25) is 10.1 Å². The van der Waals surface area contributed by atoms with Gasteiger partial charge in [-0.1, -0.05) is 24.2 Å². The van der Waals surface area contributed by atoms with Crippen molar-refractivity contribution in [2.45, 2.75) is 46.6 Å². The molecule has 146 valence electrons. The molecule has 1 amide bonds. The maximum Gasteiger partial charge on any atom is 0.261 e. The van der Waals surface area contributed by atoms with Crippen LogP contribution in [0.2, 0.25) is 0 Å². The largest absolute Gasteiger partial charge is 0.488 e. The lowest BCUT2D eigenvalue weighted by Gasteiger charge is -2.15. The molecule has 0 bridgehead atoms. The zero-order valence-electron chi connectivity index (χ0n) is 16.2. The quantitative estimate of drug-likeness (QED) is 0.675. The number of thiazole rings is 1. The minimum absolute atomic E-state index is 0.214. The lowest BCUT2D eigenvalue weighted by Crippen LogP contribution is -2.14. The van der Waals surface area contributed by atoms with Crippen LogP contribution in [-0.4, -0.2) is 16.0 Å². The molecule has 0 aliphatic heterocycles. The van der Waals surface area contributed by atoms with E-state index in [1.165, 1.54) is 4.88 Å². The third-order valence-electron chi connectivity index (χ3n) is 5.09. The second kappa shape index (κ2) is 7.75. The highest BCUT2D eigenvalue weighted by Gasteiger charge is 2.21. The number of hydrogen-bond acceptors (Lipinski definition) is 6. The molecule has 6 nitrogen and oxygen atoms in total. The van der Waals surface area contributed by atoms with Gasteiger partial charge < -0.3 is 9.26 Å². The molecule has 3 aromatic rings. The number of carbonyl (C=O) groups is 1. The molecule has 1 N–H and O–H groups in total. The number of para-hydroxylation sites is 1. The Kier molecular flexibility index (Phi) is 5.17. The molecule has 0 spiro atoms. The van der Waals surface area contributed by atoms with Crippen molar-refractivity contribution in [2.24, 2.45) is 5.92 Å². The predicted octanol–water partition coefficient (Wildman–Crippen LogP) is 4.70. The Bertz CT molecular complexity index is 989. The van der Waals surface area contributed by atoms with E-state index in [9.17, 15) is 4.79 Å². The van der Waals surface area contributed by atoms with Crippen LogP contribution in [0, 0.1) is 19.8 Å². The predicted molar refractivity (Wildman–Crippen MR) is 108 cm³/mol. The van der Waals surface area contributed by atoms with Crippen molar-refractivity contribution < 1.29 is 14.1 Å². The first-order chi connectivity index (χ1) is 13.5. The molecule has 28 heavy (non-hydrogen) atoms. The molecule has 4 rings (SSSR count). The van der Waals surface area contributed by atoms with E-state index in [0.29, 0.717) is 29.0 Å². The fraction of sp³-hybridized carbons (Fsp3) is 0.381. The molecule has 0 fully saturated rings. The Labute approximate surface area is 167 Å². The minimum Gasteiger partial charge on any atom is -0.488 e. The standard InChI is InChI=1S/C21H23N3O3S/c1-12-8-9-17-19(10-12)28-21(22-17)23-20(25)15-6-4-5-7-18(15)26-11-16-13(2)24-27-14(16)3/h4-7,12H,8-11H2,1-3H3,(H,22,23,25)/t12-/m1/s1. The second-order valence-electron chi connectivity index (χ2n) is 7.28. The van der Waals surface area contributed by atoms with Crippen LogP contribution in [0.25, 0.3) is 0 Å².